The zero-order chi connectivity index (χ0) is 17.1. The van der Waals surface area contributed by atoms with E-state index in [0.29, 0.717) is 17.1 Å². The molecule has 1 aliphatic rings. The maximum absolute atomic E-state index is 13.9. The number of thiophene rings is 1. The monoisotopic (exact) mass is 366 g/mol. The summed E-state index contributed by atoms with van der Waals surface area (Å²) in [7, 11) is 1.82. The summed E-state index contributed by atoms with van der Waals surface area (Å²) in [6.45, 7) is 1.36. The minimum atomic E-state index is -0.334. The number of halogens is 2. The number of hydrogen-bond acceptors (Lipinski definition) is 3. The van der Waals surface area contributed by atoms with Gasteiger partial charge in [0, 0.05) is 28.6 Å². The molecule has 1 aromatic carbocycles. The number of nitrogens with zero attached hydrogens (tertiary/aromatic N) is 2. The van der Waals surface area contributed by atoms with Gasteiger partial charge < -0.3 is 4.90 Å². The van der Waals surface area contributed by atoms with Crippen LogP contribution in [0.25, 0.3) is 0 Å². The normalized spacial score (nSPS) is 17.7. The first-order valence-corrected chi connectivity index (χ1v) is 9.26. The van der Waals surface area contributed by atoms with Crippen LogP contribution in [-0.4, -0.2) is 35.8 Å². The summed E-state index contributed by atoms with van der Waals surface area (Å²) < 4.78 is 13.9. The molecule has 1 fully saturated rings. The van der Waals surface area contributed by atoms with Gasteiger partial charge in [0.1, 0.15) is 5.82 Å². The van der Waals surface area contributed by atoms with Crippen molar-refractivity contribution in [2.45, 2.75) is 25.4 Å². The van der Waals surface area contributed by atoms with Crippen molar-refractivity contribution >= 4 is 28.8 Å². The lowest BCUT2D eigenvalue weighted by Gasteiger charge is -2.26. The minimum Gasteiger partial charge on any atom is -0.334 e. The van der Waals surface area contributed by atoms with Crippen molar-refractivity contribution in [2.75, 3.05) is 20.1 Å². The first-order chi connectivity index (χ1) is 11.6. The van der Waals surface area contributed by atoms with Crippen LogP contribution in [0.15, 0.2) is 35.7 Å². The van der Waals surface area contributed by atoms with Gasteiger partial charge in [-0.2, -0.15) is 0 Å². The maximum Gasteiger partial charge on any atom is 0.237 e. The smallest absolute Gasteiger partial charge is 0.237 e. The largest absolute Gasteiger partial charge is 0.334 e. The summed E-state index contributed by atoms with van der Waals surface area (Å²) in [5, 5.41) is 2.44. The predicted molar refractivity (Wildman–Crippen MR) is 95.8 cm³/mol. The number of carbonyl (C=O) groups excluding carboxylic acids is 1. The fourth-order valence-corrected chi connectivity index (χ4v) is 4.27. The van der Waals surface area contributed by atoms with Gasteiger partial charge in [0.2, 0.25) is 5.91 Å². The number of hydrogen-bond donors (Lipinski definition) is 0. The van der Waals surface area contributed by atoms with Crippen molar-refractivity contribution in [3.05, 3.63) is 57.0 Å². The Kier molecular flexibility index (Phi) is 5.54. The molecule has 6 heteroatoms. The van der Waals surface area contributed by atoms with E-state index in [9.17, 15) is 9.18 Å². The van der Waals surface area contributed by atoms with Gasteiger partial charge in [-0.25, -0.2) is 4.39 Å². The average Bonchev–Trinajstić information content (AvgIpc) is 3.21. The van der Waals surface area contributed by atoms with Crippen LogP contribution < -0.4 is 0 Å². The molecule has 24 heavy (non-hydrogen) atoms. The first kappa shape index (κ1) is 17.4. The van der Waals surface area contributed by atoms with Gasteiger partial charge in [0.25, 0.3) is 0 Å². The molecular formula is C18H20ClFN2OS. The molecular weight excluding hydrogens is 347 g/mol. The van der Waals surface area contributed by atoms with Crippen LogP contribution in [0.1, 0.15) is 29.3 Å². The van der Waals surface area contributed by atoms with Crippen molar-refractivity contribution in [1.29, 1.82) is 0 Å². The van der Waals surface area contributed by atoms with Crippen molar-refractivity contribution in [1.82, 2.24) is 9.80 Å². The molecule has 0 radical (unpaired) electrons. The highest BCUT2D eigenvalue weighted by molar-refractivity contribution is 7.10. The molecule has 0 saturated carbocycles. The van der Waals surface area contributed by atoms with E-state index in [0.717, 1.165) is 19.4 Å². The van der Waals surface area contributed by atoms with E-state index in [-0.39, 0.29) is 24.3 Å². The van der Waals surface area contributed by atoms with Crippen LogP contribution in [0.3, 0.4) is 0 Å². The lowest BCUT2D eigenvalue weighted by molar-refractivity contribution is -0.133. The zero-order valence-corrected chi connectivity index (χ0v) is 15.1. The molecule has 0 spiro atoms. The minimum absolute atomic E-state index is 0.0841. The Balaban J connectivity index is 1.64. The Morgan fingerprint density at radius 2 is 2.25 bits per heavy atom. The van der Waals surface area contributed by atoms with Crippen molar-refractivity contribution in [3.63, 3.8) is 0 Å². The summed E-state index contributed by atoms with van der Waals surface area (Å²) >= 11 is 7.76. The summed E-state index contributed by atoms with van der Waals surface area (Å²) in [5.74, 6) is -0.250. The second-order valence-corrected chi connectivity index (χ2v) is 7.52. The van der Waals surface area contributed by atoms with Crippen LogP contribution in [0.4, 0.5) is 4.39 Å². The molecule has 1 saturated heterocycles. The second kappa shape index (κ2) is 7.64. The molecule has 1 aromatic heterocycles. The number of likely N-dealkylation sites (tertiary alicyclic amines) is 1. The maximum atomic E-state index is 13.9. The van der Waals surface area contributed by atoms with E-state index in [4.69, 9.17) is 11.6 Å². The molecule has 0 aliphatic carbocycles. The van der Waals surface area contributed by atoms with E-state index < -0.39 is 0 Å². The third-order valence-corrected chi connectivity index (χ3v) is 5.67. The van der Waals surface area contributed by atoms with Gasteiger partial charge in [-0.1, -0.05) is 23.7 Å². The van der Waals surface area contributed by atoms with E-state index in [1.165, 1.54) is 10.9 Å². The highest BCUT2D eigenvalue weighted by atomic mass is 35.5. The topological polar surface area (TPSA) is 23.6 Å². The fourth-order valence-electron chi connectivity index (χ4n) is 3.17. The SMILES string of the molecule is CN(CC(=O)N1CCCC1c1cccs1)Cc1c(F)cccc1Cl. The number of benzene rings is 1. The van der Waals surface area contributed by atoms with Crippen LogP contribution in [0.5, 0.6) is 0 Å². The van der Waals surface area contributed by atoms with Gasteiger partial charge in [-0.05, 0) is 43.5 Å². The van der Waals surface area contributed by atoms with Crippen LogP contribution >= 0.6 is 22.9 Å². The van der Waals surface area contributed by atoms with Gasteiger partial charge in [0.15, 0.2) is 0 Å². The Bertz CT molecular complexity index is 687. The number of likely N-dealkylation sites (N-methyl/N-ethyl adjacent to an activating group) is 1. The van der Waals surface area contributed by atoms with Crippen LogP contribution in [-0.2, 0) is 11.3 Å². The molecule has 128 valence electrons. The van der Waals surface area contributed by atoms with E-state index in [2.05, 4.69) is 6.07 Å². The zero-order valence-electron chi connectivity index (χ0n) is 13.5. The first-order valence-electron chi connectivity index (χ1n) is 8.00. The lowest BCUT2D eigenvalue weighted by atomic mass is 10.2. The predicted octanol–water partition coefficient (Wildman–Crippen LogP) is 4.34. The molecule has 0 bridgehead atoms. The van der Waals surface area contributed by atoms with E-state index in [1.807, 2.05) is 28.3 Å². The molecule has 2 aromatic rings. The standard InChI is InChI=1S/C18H20ClFN2OS/c1-21(11-13-14(19)5-2-6-15(13)20)12-18(23)22-9-3-7-16(22)17-8-4-10-24-17/h2,4-6,8,10,16H,3,7,9,11-12H2,1H3. The Labute approximate surface area is 150 Å². The van der Waals surface area contributed by atoms with Crippen LogP contribution in [0.2, 0.25) is 5.02 Å². The Morgan fingerprint density at radius 3 is 2.96 bits per heavy atom. The van der Waals surface area contributed by atoms with E-state index in [1.54, 1.807) is 23.5 Å². The van der Waals surface area contributed by atoms with Crippen molar-refractivity contribution in [3.8, 4) is 0 Å². The third kappa shape index (κ3) is 3.79. The summed E-state index contributed by atoms with van der Waals surface area (Å²) in [4.78, 5) is 17.7. The van der Waals surface area contributed by atoms with Crippen LogP contribution in [0, 0.1) is 5.82 Å². The van der Waals surface area contributed by atoms with Crippen molar-refractivity contribution in [2.24, 2.45) is 0 Å². The van der Waals surface area contributed by atoms with Crippen molar-refractivity contribution < 1.29 is 9.18 Å². The van der Waals surface area contributed by atoms with Gasteiger partial charge in [0.05, 0.1) is 12.6 Å². The molecule has 1 amide bonds. The lowest BCUT2D eigenvalue weighted by Crippen LogP contribution is -2.38. The number of amides is 1. The molecule has 3 nitrogen and oxygen atoms in total. The molecule has 1 unspecified atom stereocenters. The quantitative estimate of drug-likeness (QED) is 0.786. The van der Waals surface area contributed by atoms with Gasteiger partial charge >= 0.3 is 0 Å². The van der Waals surface area contributed by atoms with Gasteiger partial charge in [-0.15, -0.1) is 11.3 Å². The second-order valence-electron chi connectivity index (χ2n) is 6.13. The Hall–Kier alpha value is -1.43. The molecule has 0 N–H and O–H groups in total. The highest BCUT2D eigenvalue weighted by Gasteiger charge is 2.30. The number of carbonyl (C=O) groups is 1. The third-order valence-electron chi connectivity index (χ3n) is 4.34. The summed E-state index contributed by atoms with van der Waals surface area (Å²) in [6, 6.07) is 8.94. The average molecular weight is 367 g/mol. The summed E-state index contributed by atoms with van der Waals surface area (Å²) in [6.07, 6.45) is 2.03. The van der Waals surface area contributed by atoms with Gasteiger partial charge in [-0.3, -0.25) is 9.69 Å². The molecule has 1 atom stereocenters. The fraction of sp³-hybridized carbons (Fsp3) is 0.389. The summed E-state index contributed by atoms with van der Waals surface area (Å²) in [5.41, 5.74) is 0.436. The molecule has 2 heterocycles. The Morgan fingerprint density at radius 1 is 1.42 bits per heavy atom. The molecule has 3 rings (SSSR count). The number of rotatable bonds is 5. The highest BCUT2D eigenvalue weighted by Crippen LogP contribution is 2.34. The molecule has 1 aliphatic heterocycles. The van der Waals surface area contributed by atoms with E-state index >= 15 is 0 Å².